The number of aryl methyl sites for hydroxylation is 1. The molecule has 0 aliphatic carbocycles. The Hall–Kier alpha value is -3.65. The zero-order valence-corrected chi connectivity index (χ0v) is 18.4. The second-order valence-electron chi connectivity index (χ2n) is 7.57. The average molecular weight is 452 g/mol. The van der Waals surface area contributed by atoms with Crippen LogP contribution in [0, 0.1) is 0 Å². The summed E-state index contributed by atoms with van der Waals surface area (Å²) in [6.07, 6.45) is 0.602. The summed E-state index contributed by atoms with van der Waals surface area (Å²) in [5.74, 6) is -0.327. The zero-order valence-electron chi connectivity index (χ0n) is 17.7. The number of hydrogen-bond donors (Lipinski definition) is 1. The highest BCUT2D eigenvalue weighted by Gasteiger charge is 2.21. The molecular formula is C23H22ClN5O3. The highest BCUT2D eigenvalue weighted by Crippen LogP contribution is 2.20. The Bertz CT molecular complexity index is 1390. The minimum atomic E-state index is -0.556. The molecule has 8 nitrogen and oxygen atoms in total. The van der Waals surface area contributed by atoms with Crippen molar-refractivity contribution >= 4 is 28.7 Å². The van der Waals surface area contributed by atoms with Crippen LogP contribution < -0.4 is 16.6 Å². The number of fused-ring (bicyclic) bond motifs is 1. The van der Waals surface area contributed by atoms with Gasteiger partial charge in [0.1, 0.15) is 6.54 Å². The first-order valence-corrected chi connectivity index (χ1v) is 10.4. The van der Waals surface area contributed by atoms with Crippen molar-refractivity contribution in [2.75, 3.05) is 0 Å². The lowest BCUT2D eigenvalue weighted by Gasteiger charge is -2.20. The van der Waals surface area contributed by atoms with Crippen molar-refractivity contribution in [3.8, 4) is 0 Å². The summed E-state index contributed by atoms with van der Waals surface area (Å²) in [5.41, 5.74) is 1.22. The second-order valence-corrected chi connectivity index (χ2v) is 7.90. The highest BCUT2D eigenvalue weighted by atomic mass is 35.5. The number of benzene rings is 2. The van der Waals surface area contributed by atoms with Crippen LogP contribution in [0.3, 0.4) is 0 Å². The minimum Gasteiger partial charge on any atom is -0.347 e. The highest BCUT2D eigenvalue weighted by molar-refractivity contribution is 6.29. The molecule has 0 fully saturated rings. The third kappa shape index (κ3) is 4.09. The third-order valence-electron chi connectivity index (χ3n) is 5.42. The molecule has 4 rings (SSSR count). The largest absolute Gasteiger partial charge is 0.347 e. The predicted molar refractivity (Wildman–Crippen MR) is 123 cm³/mol. The Morgan fingerprint density at radius 2 is 1.62 bits per heavy atom. The first kappa shape index (κ1) is 21.6. The van der Waals surface area contributed by atoms with Crippen LogP contribution in [0.5, 0.6) is 0 Å². The molecule has 32 heavy (non-hydrogen) atoms. The molecule has 0 radical (unpaired) electrons. The molecule has 0 aliphatic rings. The van der Waals surface area contributed by atoms with Crippen molar-refractivity contribution in [2.24, 2.45) is 14.1 Å². The molecule has 2 heterocycles. The first-order chi connectivity index (χ1) is 15.4. The van der Waals surface area contributed by atoms with Gasteiger partial charge in [-0.3, -0.25) is 23.3 Å². The molecule has 4 aromatic rings. The fourth-order valence-corrected chi connectivity index (χ4v) is 3.96. The van der Waals surface area contributed by atoms with E-state index in [4.69, 9.17) is 11.6 Å². The van der Waals surface area contributed by atoms with Crippen LogP contribution in [0.2, 0.25) is 5.28 Å². The molecule has 0 saturated heterocycles. The van der Waals surface area contributed by atoms with Crippen LogP contribution in [-0.2, 0) is 31.9 Å². The Labute approximate surface area is 188 Å². The van der Waals surface area contributed by atoms with Gasteiger partial charge in [0.15, 0.2) is 11.2 Å². The molecular weight excluding hydrogens is 430 g/mol. The smallest absolute Gasteiger partial charge is 0.332 e. The molecule has 1 atom stereocenters. The summed E-state index contributed by atoms with van der Waals surface area (Å²) in [7, 11) is 2.88. The van der Waals surface area contributed by atoms with Crippen LogP contribution in [0.1, 0.15) is 17.2 Å². The van der Waals surface area contributed by atoms with E-state index in [1.165, 1.54) is 23.2 Å². The number of carbonyl (C=O) groups excluding carboxylic acids is 1. The maximum absolute atomic E-state index is 13.0. The van der Waals surface area contributed by atoms with Gasteiger partial charge in [-0.1, -0.05) is 60.7 Å². The normalized spacial score (nSPS) is 12.1. The van der Waals surface area contributed by atoms with Gasteiger partial charge in [-0.15, -0.1) is 0 Å². The Balaban J connectivity index is 1.66. The van der Waals surface area contributed by atoms with Gasteiger partial charge >= 0.3 is 5.69 Å². The standard InChI is InChI=1S/C23H22ClN5O3/c1-27-20-19(21(31)28(2)23(27)32)29(22(24)26-20)14-18(30)25-17(16-11-7-4-8-12-16)13-15-9-5-3-6-10-15/h3-12,17H,13-14H2,1-2H3,(H,25,30). The first-order valence-electron chi connectivity index (χ1n) is 10.1. The van der Waals surface area contributed by atoms with E-state index in [-0.39, 0.29) is 34.9 Å². The van der Waals surface area contributed by atoms with Crippen molar-refractivity contribution in [1.82, 2.24) is 24.0 Å². The molecule has 1 amide bonds. The lowest BCUT2D eigenvalue weighted by atomic mass is 9.99. The number of imidazole rings is 1. The summed E-state index contributed by atoms with van der Waals surface area (Å²) in [6.45, 7) is -0.207. The Kier molecular flexibility index (Phi) is 5.96. The Morgan fingerprint density at radius 1 is 1.00 bits per heavy atom. The molecule has 1 unspecified atom stereocenters. The molecule has 1 N–H and O–H groups in total. The van der Waals surface area contributed by atoms with Gasteiger partial charge in [0.25, 0.3) is 5.56 Å². The maximum atomic E-state index is 13.0. The number of nitrogens with one attached hydrogen (secondary N) is 1. The molecule has 0 bridgehead atoms. The van der Waals surface area contributed by atoms with E-state index in [1.807, 2.05) is 60.7 Å². The van der Waals surface area contributed by atoms with E-state index in [1.54, 1.807) is 0 Å². The van der Waals surface area contributed by atoms with Crippen molar-refractivity contribution in [3.05, 3.63) is 97.9 Å². The molecule has 164 valence electrons. The summed E-state index contributed by atoms with van der Waals surface area (Å²) in [6, 6.07) is 19.3. The number of rotatable bonds is 6. The van der Waals surface area contributed by atoms with Gasteiger partial charge in [0.2, 0.25) is 11.2 Å². The van der Waals surface area contributed by atoms with Gasteiger partial charge in [0, 0.05) is 14.1 Å². The molecule has 0 spiro atoms. The minimum absolute atomic E-state index is 0.0345. The molecule has 0 saturated carbocycles. The quantitative estimate of drug-likeness (QED) is 0.455. The van der Waals surface area contributed by atoms with Crippen LogP contribution in [0.25, 0.3) is 11.2 Å². The number of aromatic nitrogens is 4. The number of nitrogens with zero attached hydrogens (tertiary/aromatic N) is 4. The number of carbonyl (C=O) groups is 1. The van der Waals surface area contributed by atoms with E-state index < -0.39 is 11.2 Å². The van der Waals surface area contributed by atoms with Gasteiger partial charge in [-0.05, 0) is 29.1 Å². The lowest BCUT2D eigenvalue weighted by Crippen LogP contribution is -2.38. The summed E-state index contributed by atoms with van der Waals surface area (Å²) in [4.78, 5) is 42.0. The van der Waals surface area contributed by atoms with Gasteiger partial charge in [-0.25, -0.2) is 4.79 Å². The summed E-state index contributed by atoms with van der Waals surface area (Å²) < 4.78 is 3.54. The molecule has 2 aromatic heterocycles. The van der Waals surface area contributed by atoms with E-state index in [0.717, 1.165) is 15.7 Å². The number of hydrogen-bond acceptors (Lipinski definition) is 4. The summed E-state index contributed by atoms with van der Waals surface area (Å²) >= 11 is 6.25. The average Bonchev–Trinajstić information content (AvgIpc) is 3.13. The van der Waals surface area contributed by atoms with Crippen molar-refractivity contribution in [3.63, 3.8) is 0 Å². The fraction of sp³-hybridized carbons (Fsp3) is 0.217. The fourth-order valence-electron chi connectivity index (χ4n) is 3.74. The topological polar surface area (TPSA) is 90.9 Å². The van der Waals surface area contributed by atoms with E-state index in [0.29, 0.717) is 6.42 Å². The van der Waals surface area contributed by atoms with Crippen LogP contribution in [0.15, 0.2) is 70.3 Å². The van der Waals surface area contributed by atoms with E-state index >= 15 is 0 Å². The van der Waals surface area contributed by atoms with Crippen LogP contribution in [0.4, 0.5) is 0 Å². The van der Waals surface area contributed by atoms with Crippen LogP contribution >= 0.6 is 11.6 Å². The molecule has 0 aliphatic heterocycles. The monoisotopic (exact) mass is 451 g/mol. The van der Waals surface area contributed by atoms with Gasteiger partial charge in [-0.2, -0.15) is 4.98 Å². The van der Waals surface area contributed by atoms with E-state index in [9.17, 15) is 14.4 Å². The maximum Gasteiger partial charge on any atom is 0.332 e. The predicted octanol–water partition coefficient (Wildman–Crippen LogP) is 2.19. The van der Waals surface area contributed by atoms with Gasteiger partial charge < -0.3 is 5.32 Å². The van der Waals surface area contributed by atoms with Crippen molar-refractivity contribution < 1.29 is 4.79 Å². The SMILES string of the molecule is Cn1c(=O)c2c(nc(Cl)n2CC(=O)NC(Cc2ccccc2)c2ccccc2)n(C)c1=O. The lowest BCUT2D eigenvalue weighted by molar-refractivity contribution is -0.122. The molecule has 2 aromatic carbocycles. The second kappa shape index (κ2) is 8.84. The number of amides is 1. The van der Waals surface area contributed by atoms with Crippen LogP contribution in [-0.4, -0.2) is 24.6 Å². The van der Waals surface area contributed by atoms with Crippen molar-refractivity contribution in [1.29, 1.82) is 0 Å². The zero-order chi connectivity index (χ0) is 22.8. The van der Waals surface area contributed by atoms with Crippen molar-refractivity contribution in [2.45, 2.75) is 19.0 Å². The Morgan fingerprint density at radius 3 is 2.28 bits per heavy atom. The molecule has 9 heteroatoms. The number of halogens is 1. The van der Waals surface area contributed by atoms with Gasteiger partial charge in [0.05, 0.1) is 6.04 Å². The van der Waals surface area contributed by atoms with E-state index in [2.05, 4.69) is 10.3 Å². The summed E-state index contributed by atoms with van der Waals surface area (Å²) in [5, 5.41) is 3.01. The third-order valence-corrected chi connectivity index (χ3v) is 5.71.